The van der Waals surface area contributed by atoms with E-state index < -0.39 is 41.6 Å². The highest BCUT2D eigenvalue weighted by Crippen LogP contribution is 2.54. The molecule has 37 heavy (non-hydrogen) atoms. The number of ketones is 1. The summed E-state index contributed by atoms with van der Waals surface area (Å²) in [6, 6.07) is 14.9. The van der Waals surface area contributed by atoms with Gasteiger partial charge < -0.3 is 10.0 Å². The summed E-state index contributed by atoms with van der Waals surface area (Å²) in [6.07, 6.45) is 0. The Bertz CT molecular complexity index is 1480. The predicted octanol–water partition coefficient (Wildman–Crippen LogP) is 6.84. The number of Topliss-reactive ketones (excluding diaryl/α,β-unsaturated/α-hetero) is 1. The number of halogens is 2. The van der Waals surface area contributed by atoms with Crippen LogP contribution in [0, 0.1) is 18.7 Å². The Morgan fingerprint density at radius 3 is 2.32 bits per heavy atom. The normalized spacial score (nSPS) is 21.2. The Kier molecular flexibility index (Phi) is 6.98. The minimum absolute atomic E-state index is 0.0197. The Labute approximate surface area is 225 Å². The van der Waals surface area contributed by atoms with Gasteiger partial charge in [-0.1, -0.05) is 35.9 Å². The van der Waals surface area contributed by atoms with E-state index in [2.05, 4.69) is 0 Å². The third-order valence-electron chi connectivity index (χ3n) is 6.68. The highest BCUT2D eigenvalue weighted by Gasteiger charge is 2.58. The highest BCUT2D eigenvalue weighted by molar-refractivity contribution is 7.10. The van der Waals surface area contributed by atoms with Crippen molar-refractivity contribution in [1.29, 1.82) is 0 Å². The first-order valence-electron chi connectivity index (χ1n) is 11.5. The zero-order valence-electron chi connectivity index (χ0n) is 19.5. The van der Waals surface area contributed by atoms with Gasteiger partial charge in [0.05, 0.1) is 12.0 Å². The first kappa shape index (κ1) is 25.3. The van der Waals surface area contributed by atoms with Gasteiger partial charge in [0.15, 0.2) is 5.78 Å². The number of thiophene rings is 2. The Morgan fingerprint density at radius 1 is 0.946 bits per heavy atom. The summed E-state index contributed by atoms with van der Waals surface area (Å²) < 4.78 is 14.1. The number of carbonyl (C=O) groups is 3. The molecule has 2 aromatic carbocycles. The molecule has 4 unspecified atom stereocenters. The molecule has 1 fully saturated rings. The standard InChI is InChI=1S/C28H21ClFNO4S2/c1-15-10-12-37-26(15)23-22(25(32)16-5-2-7-18(29)13-16)21(20-9-4-11-36-20)24(28(34)35)31(23)27(33)17-6-3-8-19(30)14-17/h2-14,21-24H,1H3,(H,34,35). The van der Waals surface area contributed by atoms with Crippen molar-refractivity contribution < 1.29 is 23.9 Å². The van der Waals surface area contributed by atoms with Crippen LogP contribution >= 0.6 is 34.3 Å². The van der Waals surface area contributed by atoms with E-state index in [1.54, 1.807) is 36.4 Å². The van der Waals surface area contributed by atoms with E-state index in [4.69, 9.17) is 11.6 Å². The molecular formula is C28H21ClFNO4S2. The molecule has 5 nitrogen and oxygen atoms in total. The van der Waals surface area contributed by atoms with Crippen molar-refractivity contribution in [2.75, 3.05) is 0 Å². The predicted molar refractivity (Wildman–Crippen MR) is 142 cm³/mol. The minimum Gasteiger partial charge on any atom is -0.480 e. The Morgan fingerprint density at radius 2 is 1.70 bits per heavy atom. The van der Waals surface area contributed by atoms with E-state index in [0.29, 0.717) is 15.5 Å². The molecule has 188 valence electrons. The van der Waals surface area contributed by atoms with E-state index in [-0.39, 0.29) is 11.3 Å². The topological polar surface area (TPSA) is 74.7 Å². The number of carboxylic acid groups (broad SMARTS) is 1. The van der Waals surface area contributed by atoms with E-state index in [1.165, 1.54) is 45.8 Å². The summed E-state index contributed by atoms with van der Waals surface area (Å²) >= 11 is 8.91. The van der Waals surface area contributed by atoms with Crippen molar-refractivity contribution in [2.24, 2.45) is 5.92 Å². The second-order valence-corrected chi connectivity index (χ2v) is 11.2. The quantitative estimate of drug-likeness (QED) is 0.265. The third-order valence-corrected chi connectivity index (χ3v) is 8.98. The molecule has 9 heteroatoms. The van der Waals surface area contributed by atoms with Crippen molar-refractivity contribution in [1.82, 2.24) is 4.90 Å². The zero-order valence-corrected chi connectivity index (χ0v) is 21.9. The van der Waals surface area contributed by atoms with Crippen LogP contribution < -0.4 is 0 Å². The largest absolute Gasteiger partial charge is 0.480 e. The third kappa shape index (κ3) is 4.61. The monoisotopic (exact) mass is 553 g/mol. The number of rotatable bonds is 6. The van der Waals surface area contributed by atoms with E-state index in [1.807, 2.05) is 23.8 Å². The SMILES string of the molecule is Cc1ccsc1C1C(C(=O)c2cccc(Cl)c2)C(c2cccs2)C(C(=O)O)N1C(=O)c1cccc(F)c1. The van der Waals surface area contributed by atoms with E-state index >= 15 is 0 Å². The van der Waals surface area contributed by atoms with Crippen molar-refractivity contribution in [3.8, 4) is 0 Å². The van der Waals surface area contributed by atoms with Gasteiger partial charge in [0.1, 0.15) is 11.9 Å². The molecule has 0 spiro atoms. The van der Waals surface area contributed by atoms with Crippen LogP contribution in [0.1, 0.15) is 48.0 Å². The van der Waals surface area contributed by atoms with E-state index in [9.17, 15) is 23.9 Å². The lowest BCUT2D eigenvalue weighted by Crippen LogP contribution is -2.43. The maximum Gasteiger partial charge on any atom is 0.327 e. The van der Waals surface area contributed by atoms with Gasteiger partial charge in [-0.2, -0.15) is 0 Å². The van der Waals surface area contributed by atoms with Gasteiger partial charge in [0.25, 0.3) is 5.91 Å². The Hall–Kier alpha value is -3.33. The number of nitrogens with zero attached hydrogens (tertiary/aromatic N) is 1. The lowest BCUT2D eigenvalue weighted by molar-refractivity contribution is -0.142. The van der Waals surface area contributed by atoms with Crippen molar-refractivity contribution in [3.63, 3.8) is 0 Å². The number of carbonyl (C=O) groups excluding carboxylic acids is 2. The van der Waals surface area contributed by atoms with Crippen LogP contribution in [0.4, 0.5) is 4.39 Å². The molecule has 1 saturated heterocycles. The van der Waals surface area contributed by atoms with Crippen LogP contribution in [0.25, 0.3) is 0 Å². The van der Waals surface area contributed by atoms with Crippen LogP contribution in [0.3, 0.4) is 0 Å². The van der Waals surface area contributed by atoms with Gasteiger partial charge in [-0.3, -0.25) is 9.59 Å². The molecule has 1 aliphatic heterocycles. The maximum atomic E-state index is 14.2. The molecule has 5 rings (SSSR count). The number of amides is 1. The first-order chi connectivity index (χ1) is 17.8. The van der Waals surface area contributed by atoms with Crippen LogP contribution in [-0.2, 0) is 4.79 Å². The van der Waals surface area contributed by atoms with Gasteiger partial charge in [-0.05, 0) is 65.7 Å². The molecule has 0 radical (unpaired) electrons. The summed E-state index contributed by atoms with van der Waals surface area (Å²) in [7, 11) is 0. The number of aliphatic carboxylic acids is 1. The van der Waals surface area contributed by atoms with Gasteiger partial charge in [-0.15, -0.1) is 22.7 Å². The average molecular weight is 554 g/mol. The van der Waals surface area contributed by atoms with E-state index in [0.717, 1.165) is 16.5 Å². The van der Waals surface area contributed by atoms with Gasteiger partial charge >= 0.3 is 5.97 Å². The molecule has 2 aromatic heterocycles. The molecule has 1 amide bonds. The number of hydrogen-bond donors (Lipinski definition) is 1. The smallest absolute Gasteiger partial charge is 0.327 e. The fourth-order valence-electron chi connectivity index (χ4n) is 5.14. The van der Waals surface area contributed by atoms with Crippen molar-refractivity contribution >= 4 is 51.9 Å². The molecule has 4 aromatic rings. The number of carboxylic acids is 1. The highest BCUT2D eigenvalue weighted by atomic mass is 35.5. The van der Waals surface area contributed by atoms with Crippen LogP contribution in [-0.4, -0.2) is 33.7 Å². The van der Waals surface area contributed by atoms with Crippen LogP contribution in [0.2, 0.25) is 5.02 Å². The van der Waals surface area contributed by atoms with Gasteiger partial charge in [0.2, 0.25) is 0 Å². The number of hydrogen-bond acceptors (Lipinski definition) is 5. The summed E-state index contributed by atoms with van der Waals surface area (Å²) in [5.74, 6) is -4.53. The van der Waals surface area contributed by atoms with Crippen molar-refractivity contribution in [3.05, 3.63) is 115 Å². The molecule has 3 heterocycles. The number of likely N-dealkylation sites (tertiary alicyclic amines) is 1. The van der Waals surface area contributed by atoms with Crippen LogP contribution in [0.15, 0.2) is 77.5 Å². The molecule has 0 aliphatic carbocycles. The summed E-state index contributed by atoms with van der Waals surface area (Å²) in [5, 5.41) is 14.6. The maximum absolute atomic E-state index is 14.2. The minimum atomic E-state index is -1.35. The second-order valence-electron chi connectivity index (χ2n) is 8.86. The molecule has 1 aliphatic rings. The Balaban J connectivity index is 1.76. The lowest BCUT2D eigenvalue weighted by atomic mass is 9.79. The van der Waals surface area contributed by atoms with Crippen LogP contribution in [0.5, 0.6) is 0 Å². The fourth-order valence-corrected chi connectivity index (χ4v) is 7.31. The van der Waals surface area contributed by atoms with Gasteiger partial charge in [0, 0.05) is 31.8 Å². The average Bonchev–Trinajstić information content (AvgIpc) is 3.61. The molecule has 4 atom stereocenters. The van der Waals surface area contributed by atoms with Gasteiger partial charge in [-0.25, -0.2) is 9.18 Å². The second kappa shape index (κ2) is 10.2. The first-order valence-corrected chi connectivity index (χ1v) is 13.6. The summed E-state index contributed by atoms with van der Waals surface area (Å²) in [5.41, 5.74) is 1.20. The molecule has 0 saturated carbocycles. The summed E-state index contributed by atoms with van der Waals surface area (Å²) in [4.78, 5) is 43.7. The van der Waals surface area contributed by atoms with Crippen molar-refractivity contribution in [2.45, 2.75) is 24.9 Å². The summed E-state index contributed by atoms with van der Waals surface area (Å²) in [6.45, 7) is 1.87. The zero-order chi connectivity index (χ0) is 26.3. The molecule has 0 bridgehead atoms. The number of aryl methyl sites for hydroxylation is 1. The lowest BCUT2D eigenvalue weighted by Gasteiger charge is -2.30. The molecule has 1 N–H and O–H groups in total. The number of benzene rings is 2. The molecular weight excluding hydrogens is 533 g/mol. The fraction of sp³-hybridized carbons (Fsp3) is 0.179.